The largest absolute Gasteiger partial charge is 0.421 e. The summed E-state index contributed by atoms with van der Waals surface area (Å²) in [7, 11) is -3.85. The van der Waals surface area contributed by atoms with E-state index in [1.165, 1.54) is 46.8 Å². The molecule has 0 unspecified atom stereocenters. The van der Waals surface area contributed by atoms with Gasteiger partial charge in [0, 0.05) is 25.3 Å². The van der Waals surface area contributed by atoms with Gasteiger partial charge in [-0.15, -0.1) is 11.3 Å². The van der Waals surface area contributed by atoms with Gasteiger partial charge in [-0.05, 0) is 53.8 Å². The van der Waals surface area contributed by atoms with Crippen molar-refractivity contribution in [1.29, 1.82) is 0 Å². The van der Waals surface area contributed by atoms with Gasteiger partial charge < -0.3 is 10.0 Å². The van der Waals surface area contributed by atoms with Gasteiger partial charge in [-0.1, -0.05) is 30.3 Å². The SMILES string of the molecule is C[C@@](O)(c1ccc(N2CCN(S(=O)(=O)c3cccs3)C[C@@H]2C(=S=O)c2ccc(F)cc2)cc1)C(F)(F)F. The highest BCUT2D eigenvalue weighted by molar-refractivity contribution is 7.91. The fourth-order valence-corrected chi connectivity index (χ4v) is 7.23. The smallest absolute Gasteiger partial charge is 0.376 e. The quantitative estimate of drug-likeness (QED) is 0.274. The van der Waals surface area contributed by atoms with Crippen LogP contribution in [0.3, 0.4) is 0 Å². The van der Waals surface area contributed by atoms with Crippen molar-refractivity contribution in [3.63, 3.8) is 0 Å². The first kappa shape index (κ1) is 27.5. The molecule has 2 atom stereocenters. The number of piperazine rings is 1. The topological polar surface area (TPSA) is 77.9 Å². The molecule has 1 aliphatic rings. The maximum absolute atomic E-state index is 13.5. The molecule has 37 heavy (non-hydrogen) atoms. The molecule has 1 fully saturated rings. The number of halogens is 4. The Hall–Kier alpha value is -2.58. The molecule has 4 rings (SSSR count). The lowest BCUT2D eigenvalue weighted by Crippen LogP contribution is -2.58. The first-order chi connectivity index (χ1) is 17.4. The predicted molar refractivity (Wildman–Crippen MR) is 135 cm³/mol. The minimum atomic E-state index is -4.89. The number of alkyl halides is 3. The Bertz CT molecular complexity index is 1400. The molecule has 2 heterocycles. The van der Waals surface area contributed by atoms with E-state index in [9.17, 15) is 35.3 Å². The lowest BCUT2D eigenvalue weighted by molar-refractivity contribution is -0.258. The Balaban J connectivity index is 1.73. The van der Waals surface area contributed by atoms with Crippen molar-refractivity contribution in [2.75, 3.05) is 24.5 Å². The number of anilines is 1. The average molecular weight is 575 g/mol. The van der Waals surface area contributed by atoms with Crippen LogP contribution in [0.2, 0.25) is 0 Å². The van der Waals surface area contributed by atoms with E-state index < -0.39 is 33.7 Å². The van der Waals surface area contributed by atoms with E-state index in [4.69, 9.17) is 0 Å². The molecule has 0 radical (unpaired) electrons. The van der Waals surface area contributed by atoms with Gasteiger partial charge in [-0.3, -0.25) is 0 Å². The van der Waals surface area contributed by atoms with Crippen molar-refractivity contribution in [2.45, 2.75) is 29.0 Å². The third kappa shape index (κ3) is 5.36. The van der Waals surface area contributed by atoms with E-state index in [2.05, 4.69) is 0 Å². The predicted octanol–water partition coefficient (Wildman–Crippen LogP) is 3.97. The maximum Gasteiger partial charge on any atom is 0.421 e. The van der Waals surface area contributed by atoms with Gasteiger partial charge in [0.15, 0.2) is 5.60 Å². The third-order valence-corrected chi connectivity index (χ3v) is 10.2. The number of thiophene rings is 1. The number of nitrogens with zero attached hydrogens (tertiary/aromatic N) is 2. The van der Waals surface area contributed by atoms with Crippen molar-refractivity contribution in [3.8, 4) is 0 Å². The normalized spacial score (nSPS) is 18.9. The van der Waals surface area contributed by atoms with Gasteiger partial charge in [0.2, 0.25) is 0 Å². The summed E-state index contributed by atoms with van der Waals surface area (Å²) >= 11 is 1.22. The second-order valence-electron chi connectivity index (χ2n) is 8.58. The monoisotopic (exact) mass is 574 g/mol. The third-order valence-electron chi connectivity index (χ3n) is 6.27. The number of sulfonamides is 1. The van der Waals surface area contributed by atoms with Crippen LogP contribution in [0.4, 0.5) is 23.2 Å². The van der Waals surface area contributed by atoms with Crippen LogP contribution in [0.5, 0.6) is 0 Å². The molecule has 0 spiro atoms. The lowest BCUT2D eigenvalue weighted by atomic mass is 9.94. The Morgan fingerprint density at radius 1 is 1.05 bits per heavy atom. The van der Waals surface area contributed by atoms with Crippen LogP contribution in [0.25, 0.3) is 0 Å². The zero-order chi connectivity index (χ0) is 27.0. The van der Waals surface area contributed by atoms with Crippen molar-refractivity contribution < 1.29 is 35.3 Å². The van der Waals surface area contributed by atoms with Crippen LogP contribution in [0.15, 0.2) is 70.3 Å². The molecule has 0 saturated carbocycles. The Labute approximate surface area is 218 Å². The van der Waals surface area contributed by atoms with Crippen LogP contribution < -0.4 is 4.90 Å². The summed E-state index contributed by atoms with van der Waals surface area (Å²) in [6, 6.07) is 12.6. The fourth-order valence-electron chi connectivity index (χ4n) is 4.10. The van der Waals surface area contributed by atoms with E-state index >= 15 is 0 Å². The summed E-state index contributed by atoms with van der Waals surface area (Å²) < 4.78 is 93.6. The van der Waals surface area contributed by atoms with Gasteiger partial charge in [0.05, 0.1) is 22.2 Å². The molecule has 0 aliphatic carbocycles. The molecule has 1 N–H and O–H groups in total. The summed E-state index contributed by atoms with van der Waals surface area (Å²) in [4.78, 5) is 1.97. The molecule has 6 nitrogen and oxygen atoms in total. The zero-order valence-electron chi connectivity index (χ0n) is 19.4. The summed E-state index contributed by atoms with van der Waals surface area (Å²) in [5.41, 5.74) is -2.58. The van der Waals surface area contributed by atoms with E-state index in [1.54, 1.807) is 16.3 Å². The lowest BCUT2D eigenvalue weighted by Gasteiger charge is -2.42. The second-order valence-corrected chi connectivity index (χ2v) is 12.3. The van der Waals surface area contributed by atoms with E-state index in [1.807, 2.05) is 0 Å². The Kier molecular flexibility index (Phi) is 7.64. The average Bonchev–Trinajstić information content (AvgIpc) is 3.41. The fraction of sp³-hybridized carbons (Fsp3) is 0.292. The van der Waals surface area contributed by atoms with Crippen LogP contribution in [-0.4, -0.2) is 58.8 Å². The van der Waals surface area contributed by atoms with E-state index in [0.717, 1.165) is 23.5 Å². The van der Waals surface area contributed by atoms with Gasteiger partial charge >= 0.3 is 6.18 Å². The van der Waals surface area contributed by atoms with E-state index in [0.29, 0.717) is 18.2 Å². The molecule has 1 saturated heterocycles. The standard InChI is InChI=1S/C24H22F4N2O4S3/c1-23(31,24(26,27)28)17-6-10-19(11-7-17)30-13-12-29(37(33,34)21-3-2-14-35-21)15-20(30)22(36-32)16-4-8-18(25)9-5-16/h2-11,14,20,31H,12-13,15H2,1H3/t20-,23-/m1/s1. The number of aliphatic hydroxyl groups is 1. The van der Waals surface area contributed by atoms with Crippen LogP contribution in [0.1, 0.15) is 18.1 Å². The summed E-state index contributed by atoms with van der Waals surface area (Å²) in [6.45, 7) is 0.756. The number of rotatable bonds is 6. The van der Waals surface area contributed by atoms with Crippen molar-refractivity contribution in [2.24, 2.45) is 0 Å². The van der Waals surface area contributed by atoms with Crippen LogP contribution in [0, 0.1) is 5.82 Å². The summed E-state index contributed by atoms with van der Waals surface area (Å²) in [6.07, 6.45) is -4.89. The minimum Gasteiger partial charge on any atom is -0.376 e. The minimum absolute atomic E-state index is 0.0684. The van der Waals surface area contributed by atoms with Crippen molar-refractivity contribution in [1.82, 2.24) is 4.31 Å². The van der Waals surface area contributed by atoms with Gasteiger partial charge in [-0.25, -0.2) is 17.0 Å². The highest BCUT2D eigenvalue weighted by Gasteiger charge is 2.51. The number of benzene rings is 2. The van der Waals surface area contributed by atoms with Crippen molar-refractivity contribution >= 4 is 43.2 Å². The molecular formula is C24H22F4N2O4S3. The highest BCUT2D eigenvalue weighted by Crippen LogP contribution is 2.39. The Morgan fingerprint density at radius 3 is 2.24 bits per heavy atom. The van der Waals surface area contributed by atoms with E-state index in [-0.39, 0.29) is 45.5 Å². The van der Waals surface area contributed by atoms with Crippen LogP contribution >= 0.6 is 11.3 Å². The molecular weight excluding hydrogens is 552 g/mol. The molecule has 13 heteroatoms. The molecule has 1 aromatic heterocycles. The number of hydrogen-bond donors (Lipinski definition) is 1. The summed E-state index contributed by atoms with van der Waals surface area (Å²) in [5.74, 6) is -0.506. The molecule has 3 aromatic rings. The molecule has 0 bridgehead atoms. The first-order valence-corrected chi connectivity index (χ1v) is 14.0. The van der Waals surface area contributed by atoms with Gasteiger partial charge in [0.25, 0.3) is 10.0 Å². The van der Waals surface area contributed by atoms with Crippen molar-refractivity contribution in [3.05, 3.63) is 83.0 Å². The second kappa shape index (κ2) is 10.3. The first-order valence-electron chi connectivity index (χ1n) is 11.0. The number of hydrogen-bond acceptors (Lipinski definition) is 6. The molecule has 1 aliphatic heterocycles. The highest BCUT2D eigenvalue weighted by atomic mass is 32.2. The molecule has 0 amide bonds. The van der Waals surface area contributed by atoms with Crippen LogP contribution in [-0.2, 0) is 26.9 Å². The maximum atomic E-state index is 13.5. The summed E-state index contributed by atoms with van der Waals surface area (Å²) in [5, 5.41) is 11.6. The Morgan fingerprint density at radius 2 is 1.70 bits per heavy atom. The molecule has 2 aromatic carbocycles. The van der Waals surface area contributed by atoms with Gasteiger partial charge in [-0.2, -0.15) is 17.5 Å². The van der Waals surface area contributed by atoms with Gasteiger partial charge in [0.1, 0.15) is 10.0 Å². The molecule has 198 valence electrons. The zero-order valence-corrected chi connectivity index (χ0v) is 21.8.